The molecule has 1 aromatic carbocycles. The number of hydrogen-bond donors (Lipinski definition) is 2. The van der Waals surface area contributed by atoms with Crippen molar-refractivity contribution in [1.29, 1.82) is 0 Å². The molecule has 0 heterocycles. The van der Waals surface area contributed by atoms with Gasteiger partial charge in [-0.15, -0.1) is 0 Å². The SMILES string of the molecule is CC(C)(C(=O)O)C(O)c1ccc(Br)c(Br)c1. The fourth-order valence-electron chi connectivity index (χ4n) is 1.22. The zero-order valence-corrected chi connectivity index (χ0v) is 12.0. The largest absolute Gasteiger partial charge is 0.481 e. The summed E-state index contributed by atoms with van der Waals surface area (Å²) < 4.78 is 1.64. The maximum atomic E-state index is 11.0. The van der Waals surface area contributed by atoms with Gasteiger partial charge in [-0.05, 0) is 63.4 Å². The molecule has 0 fully saturated rings. The number of aliphatic hydroxyl groups excluding tert-OH is 1. The molecule has 0 saturated carbocycles. The van der Waals surface area contributed by atoms with Crippen LogP contribution in [0.3, 0.4) is 0 Å². The Morgan fingerprint density at radius 2 is 1.88 bits per heavy atom. The van der Waals surface area contributed by atoms with Crippen LogP contribution in [0.25, 0.3) is 0 Å². The summed E-state index contributed by atoms with van der Waals surface area (Å²) in [7, 11) is 0. The highest BCUT2D eigenvalue weighted by molar-refractivity contribution is 9.13. The Kier molecular flexibility index (Phi) is 4.15. The van der Waals surface area contributed by atoms with Crippen LogP contribution in [0.5, 0.6) is 0 Å². The summed E-state index contributed by atoms with van der Waals surface area (Å²) in [6, 6.07) is 5.17. The lowest BCUT2D eigenvalue weighted by atomic mass is 9.83. The topological polar surface area (TPSA) is 57.5 Å². The van der Waals surface area contributed by atoms with Gasteiger partial charge in [-0.2, -0.15) is 0 Å². The second-order valence-corrected chi connectivity index (χ2v) is 5.81. The number of carboxylic acid groups (broad SMARTS) is 1. The van der Waals surface area contributed by atoms with Crippen LogP contribution in [0.4, 0.5) is 0 Å². The second kappa shape index (κ2) is 4.85. The first-order valence-electron chi connectivity index (χ1n) is 4.63. The smallest absolute Gasteiger partial charge is 0.312 e. The Labute approximate surface area is 111 Å². The van der Waals surface area contributed by atoms with Crippen LogP contribution < -0.4 is 0 Å². The van der Waals surface area contributed by atoms with Gasteiger partial charge in [0.25, 0.3) is 0 Å². The third-order valence-electron chi connectivity index (χ3n) is 2.49. The van der Waals surface area contributed by atoms with E-state index in [1.807, 2.05) is 0 Å². The van der Waals surface area contributed by atoms with Crippen molar-refractivity contribution in [2.75, 3.05) is 0 Å². The molecule has 1 atom stereocenters. The molecule has 0 aliphatic rings. The molecule has 0 aliphatic carbocycles. The Morgan fingerprint density at radius 1 is 1.31 bits per heavy atom. The van der Waals surface area contributed by atoms with E-state index in [9.17, 15) is 9.90 Å². The van der Waals surface area contributed by atoms with Gasteiger partial charge in [0.15, 0.2) is 0 Å². The third kappa shape index (κ3) is 2.64. The van der Waals surface area contributed by atoms with Crippen molar-refractivity contribution in [2.45, 2.75) is 20.0 Å². The zero-order chi connectivity index (χ0) is 12.5. The number of benzene rings is 1. The number of rotatable bonds is 3. The lowest BCUT2D eigenvalue weighted by Gasteiger charge is -2.26. The summed E-state index contributed by atoms with van der Waals surface area (Å²) >= 11 is 6.63. The standard InChI is InChI=1S/C11H12Br2O3/c1-11(2,10(15)16)9(14)6-3-4-7(12)8(13)5-6/h3-5,9,14H,1-2H3,(H,15,16). The molecule has 2 N–H and O–H groups in total. The number of hydrogen-bond acceptors (Lipinski definition) is 2. The number of carboxylic acids is 1. The molecule has 0 saturated heterocycles. The minimum Gasteiger partial charge on any atom is -0.481 e. The van der Waals surface area contributed by atoms with E-state index >= 15 is 0 Å². The van der Waals surface area contributed by atoms with E-state index in [2.05, 4.69) is 31.9 Å². The molecule has 3 nitrogen and oxygen atoms in total. The summed E-state index contributed by atoms with van der Waals surface area (Å²) in [6.07, 6.45) is -1.05. The molecule has 1 rings (SSSR count). The van der Waals surface area contributed by atoms with Crippen LogP contribution in [0, 0.1) is 5.41 Å². The highest BCUT2D eigenvalue weighted by atomic mass is 79.9. The number of halogens is 2. The van der Waals surface area contributed by atoms with E-state index in [-0.39, 0.29) is 0 Å². The van der Waals surface area contributed by atoms with Crippen molar-refractivity contribution >= 4 is 37.8 Å². The molecule has 0 amide bonds. The van der Waals surface area contributed by atoms with Gasteiger partial charge in [0.05, 0.1) is 11.5 Å². The highest BCUT2D eigenvalue weighted by Crippen LogP contribution is 2.36. The van der Waals surface area contributed by atoms with E-state index in [0.29, 0.717) is 5.56 Å². The van der Waals surface area contributed by atoms with E-state index in [1.54, 1.807) is 18.2 Å². The molecule has 0 bridgehead atoms. The first-order chi connectivity index (χ1) is 7.26. The van der Waals surface area contributed by atoms with Crippen molar-refractivity contribution in [3.05, 3.63) is 32.7 Å². The van der Waals surface area contributed by atoms with Crippen LogP contribution in [-0.2, 0) is 4.79 Å². The van der Waals surface area contributed by atoms with Gasteiger partial charge in [0.1, 0.15) is 0 Å². The van der Waals surface area contributed by atoms with E-state index in [1.165, 1.54) is 13.8 Å². The number of carbonyl (C=O) groups is 1. The van der Waals surface area contributed by atoms with Crippen molar-refractivity contribution in [3.8, 4) is 0 Å². The quantitative estimate of drug-likeness (QED) is 0.877. The molecule has 0 aliphatic heterocycles. The minimum atomic E-state index is -1.22. The van der Waals surface area contributed by atoms with Crippen LogP contribution in [-0.4, -0.2) is 16.2 Å². The van der Waals surface area contributed by atoms with Crippen LogP contribution in [0.1, 0.15) is 25.5 Å². The molecule has 0 radical (unpaired) electrons. The molecular formula is C11H12Br2O3. The van der Waals surface area contributed by atoms with Gasteiger partial charge in [-0.3, -0.25) is 4.79 Å². The Morgan fingerprint density at radius 3 is 2.31 bits per heavy atom. The second-order valence-electron chi connectivity index (χ2n) is 4.10. The molecule has 1 unspecified atom stereocenters. The Balaban J connectivity index is 3.10. The van der Waals surface area contributed by atoms with Gasteiger partial charge in [0, 0.05) is 8.95 Å². The molecule has 0 aromatic heterocycles. The molecule has 16 heavy (non-hydrogen) atoms. The summed E-state index contributed by atoms with van der Waals surface area (Å²) in [5.41, 5.74) is -0.643. The lowest BCUT2D eigenvalue weighted by molar-refractivity contribution is -0.153. The normalized spacial score (nSPS) is 13.6. The van der Waals surface area contributed by atoms with Crippen LogP contribution >= 0.6 is 31.9 Å². The third-order valence-corrected chi connectivity index (χ3v) is 4.37. The van der Waals surface area contributed by atoms with Crippen molar-refractivity contribution in [2.24, 2.45) is 5.41 Å². The molecule has 0 spiro atoms. The van der Waals surface area contributed by atoms with Crippen molar-refractivity contribution in [3.63, 3.8) is 0 Å². The number of aliphatic carboxylic acids is 1. The summed E-state index contributed by atoms with van der Waals surface area (Å²) in [4.78, 5) is 11.0. The summed E-state index contributed by atoms with van der Waals surface area (Å²) in [5.74, 6) is -1.03. The maximum Gasteiger partial charge on any atom is 0.312 e. The van der Waals surface area contributed by atoms with Gasteiger partial charge >= 0.3 is 5.97 Å². The first kappa shape index (κ1) is 13.7. The molecule has 1 aromatic rings. The summed E-state index contributed by atoms with van der Waals surface area (Å²) in [5, 5.41) is 19.0. The van der Waals surface area contributed by atoms with E-state index in [0.717, 1.165) is 8.95 Å². The number of aliphatic hydroxyl groups is 1. The maximum absolute atomic E-state index is 11.0. The zero-order valence-electron chi connectivity index (χ0n) is 8.87. The summed E-state index contributed by atoms with van der Waals surface area (Å²) in [6.45, 7) is 2.99. The average molecular weight is 352 g/mol. The molecule has 5 heteroatoms. The van der Waals surface area contributed by atoms with Crippen molar-refractivity contribution < 1.29 is 15.0 Å². The first-order valence-corrected chi connectivity index (χ1v) is 6.22. The van der Waals surface area contributed by atoms with Crippen LogP contribution in [0.15, 0.2) is 27.1 Å². The van der Waals surface area contributed by atoms with Gasteiger partial charge in [-0.1, -0.05) is 6.07 Å². The fourth-order valence-corrected chi connectivity index (χ4v) is 1.86. The van der Waals surface area contributed by atoms with Gasteiger partial charge in [-0.25, -0.2) is 0 Å². The molecular weight excluding hydrogens is 340 g/mol. The Hall–Kier alpha value is -0.390. The molecule has 88 valence electrons. The minimum absolute atomic E-state index is 0.572. The Bertz CT molecular complexity index is 416. The lowest BCUT2D eigenvalue weighted by Crippen LogP contribution is -2.31. The van der Waals surface area contributed by atoms with Gasteiger partial charge < -0.3 is 10.2 Å². The van der Waals surface area contributed by atoms with Crippen molar-refractivity contribution in [1.82, 2.24) is 0 Å². The highest BCUT2D eigenvalue weighted by Gasteiger charge is 2.36. The van der Waals surface area contributed by atoms with Crippen LogP contribution in [0.2, 0.25) is 0 Å². The van der Waals surface area contributed by atoms with E-state index < -0.39 is 17.5 Å². The van der Waals surface area contributed by atoms with Gasteiger partial charge in [0.2, 0.25) is 0 Å². The monoisotopic (exact) mass is 350 g/mol. The predicted molar refractivity (Wildman–Crippen MR) is 68.2 cm³/mol. The fraction of sp³-hybridized carbons (Fsp3) is 0.364. The predicted octanol–water partition coefficient (Wildman–Crippen LogP) is 3.36. The van der Waals surface area contributed by atoms with E-state index in [4.69, 9.17) is 5.11 Å². The average Bonchev–Trinajstić information content (AvgIpc) is 2.20.